The Hall–Kier alpha value is -5.36. The molecule has 0 amide bonds. The largest absolute Gasteiger partial charge is 0.308 e. The highest BCUT2D eigenvalue weighted by Crippen LogP contribution is 2.33. The predicted octanol–water partition coefficient (Wildman–Crippen LogP) is 7.13. The molecule has 6 nitrogen and oxygen atoms in total. The van der Waals surface area contributed by atoms with Gasteiger partial charge in [0.25, 0.3) is 0 Å². The molecule has 0 aliphatic rings. The Labute approximate surface area is 217 Å². The van der Waals surface area contributed by atoms with Gasteiger partial charge in [-0.3, -0.25) is 19.9 Å². The molecular weight excluding hydrogens is 468 g/mol. The Morgan fingerprint density at radius 1 is 0.421 bits per heavy atom. The third kappa shape index (κ3) is 3.01. The first-order valence-corrected chi connectivity index (χ1v) is 12.5. The van der Waals surface area contributed by atoms with Gasteiger partial charge >= 0.3 is 0 Å². The Bertz CT molecular complexity index is 1860. The Morgan fingerprint density at radius 2 is 0.868 bits per heavy atom. The van der Waals surface area contributed by atoms with Crippen LogP contribution in [0.5, 0.6) is 0 Å². The minimum Gasteiger partial charge on any atom is -0.308 e. The maximum absolute atomic E-state index is 4.62. The first-order chi connectivity index (χ1) is 18.9. The van der Waals surface area contributed by atoms with Gasteiger partial charge in [-0.1, -0.05) is 24.3 Å². The van der Waals surface area contributed by atoms with Crippen LogP contribution in [0.15, 0.2) is 122 Å². The summed E-state index contributed by atoms with van der Waals surface area (Å²) in [6.07, 6.45) is 11.1. The first-order valence-electron chi connectivity index (χ1n) is 12.5. The molecule has 0 saturated carbocycles. The quantitative estimate of drug-likeness (QED) is 0.265. The number of hydrogen-bond donors (Lipinski definition) is 0. The summed E-state index contributed by atoms with van der Waals surface area (Å²) in [5, 5.41) is 2.11. The van der Waals surface area contributed by atoms with Crippen LogP contribution in [-0.4, -0.2) is 29.1 Å². The molecule has 0 spiro atoms. The van der Waals surface area contributed by atoms with Gasteiger partial charge in [-0.15, -0.1) is 0 Å². The van der Waals surface area contributed by atoms with E-state index in [1.54, 1.807) is 0 Å². The van der Waals surface area contributed by atoms with E-state index in [1.807, 2.05) is 61.4 Å². The van der Waals surface area contributed by atoms with Crippen molar-refractivity contribution < 1.29 is 0 Å². The number of aromatic nitrogens is 6. The summed E-state index contributed by atoms with van der Waals surface area (Å²) in [6, 6.07) is 29.6. The van der Waals surface area contributed by atoms with Crippen LogP contribution >= 0.6 is 0 Å². The van der Waals surface area contributed by atoms with Crippen LogP contribution in [0.2, 0.25) is 0 Å². The highest BCUT2D eigenvalue weighted by atomic mass is 15.0. The maximum atomic E-state index is 4.62. The minimum absolute atomic E-state index is 0.964. The summed E-state index contributed by atoms with van der Waals surface area (Å²) >= 11 is 0. The molecule has 178 valence electrons. The summed E-state index contributed by atoms with van der Waals surface area (Å²) in [4.78, 5) is 17.9. The molecule has 0 N–H and O–H groups in total. The molecule has 2 aromatic carbocycles. The van der Waals surface area contributed by atoms with Gasteiger partial charge < -0.3 is 9.13 Å². The van der Waals surface area contributed by atoms with E-state index in [9.17, 15) is 0 Å². The monoisotopic (exact) mass is 488 g/mol. The zero-order chi connectivity index (χ0) is 25.1. The van der Waals surface area contributed by atoms with E-state index in [0.717, 1.165) is 66.4 Å². The maximum Gasteiger partial charge on any atom is 0.0978 e. The van der Waals surface area contributed by atoms with E-state index >= 15 is 0 Å². The van der Waals surface area contributed by atoms with Crippen LogP contribution in [0.25, 0.3) is 66.4 Å². The van der Waals surface area contributed by atoms with Crippen LogP contribution in [0, 0.1) is 0 Å². The average molecular weight is 489 g/mol. The molecule has 0 fully saturated rings. The molecule has 0 aliphatic heterocycles. The van der Waals surface area contributed by atoms with Crippen molar-refractivity contribution in [3.8, 4) is 22.5 Å². The lowest BCUT2D eigenvalue weighted by Crippen LogP contribution is -1.95. The second kappa shape index (κ2) is 8.08. The molecule has 0 radical (unpaired) electrons. The van der Waals surface area contributed by atoms with Crippen molar-refractivity contribution >= 4 is 43.9 Å². The Balaban J connectivity index is 1.20. The van der Waals surface area contributed by atoms with E-state index in [4.69, 9.17) is 0 Å². The summed E-state index contributed by atoms with van der Waals surface area (Å²) in [7, 11) is 0. The van der Waals surface area contributed by atoms with E-state index in [0.29, 0.717) is 0 Å². The van der Waals surface area contributed by atoms with Gasteiger partial charge in [0.15, 0.2) is 0 Å². The molecule has 0 atom stereocenters. The molecule has 6 heteroatoms. The third-order valence-corrected chi connectivity index (χ3v) is 7.23. The van der Waals surface area contributed by atoms with Crippen molar-refractivity contribution in [1.82, 2.24) is 29.1 Å². The van der Waals surface area contributed by atoms with E-state index in [-0.39, 0.29) is 0 Å². The zero-order valence-electron chi connectivity index (χ0n) is 20.2. The van der Waals surface area contributed by atoms with Crippen LogP contribution in [0.1, 0.15) is 0 Å². The van der Waals surface area contributed by atoms with Crippen molar-refractivity contribution in [2.45, 2.75) is 0 Å². The average Bonchev–Trinajstić information content (AvgIpc) is 3.51. The molecule has 0 saturated heterocycles. The highest BCUT2D eigenvalue weighted by molar-refractivity contribution is 6.07. The van der Waals surface area contributed by atoms with Crippen molar-refractivity contribution in [3.63, 3.8) is 0 Å². The zero-order valence-corrected chi connectivity index (χ0v) is 20.2. The van der Waals surface area contributed by atoms with Crippen LogP contribution in [-0.2, 0) is 0 Å². The van der Waals surface area contributed by atoms with Gasteiger partial charge in [-0.05, 0) is 71.8 Å². The number of benzene rings is 2. The lowest BCUT2D eigenvalue weighted by molar-refractivity contribution is 1.17. The second-order valence-electron chi connectivity index (χ2n) is 9.29. The van der Waals surface area contributed by atoms with Crippen LogP contribution < -0.4 is 0 Å². The van der Waals surface area contributed by atoms with E-state index in [1.165, 1.54) is 0 Å². The minimum atomic E-state index is 0.964. The molecule has 6 aromatic heterocycles. The SMILES string of the molecule is c1cnc2c3cnccc3n(-c3ccc(-c4ccc(-n5c6ccncc6c6ncccc65)cc4)cc3)c2c1. The summed E-state index contributed by atoms with van der Waals surface area (Å²) in [5.41, 5.74) is 10.8. The van der Waals surface area contributed by atoms with Gasteiger partial charge in [-0.2, -0.15) is 0 Å². The molecule has 8 aromatic rings. The molecule has 0 bridgehead atoms. The van der Waals surface area contributed by atoms with Gasteiger partial charge in [0.05, 0.1) is 33.1 Å². The summed E-state index contributed by atoms with van der Waals surface area (Å²) < 4.78 is 4.49. The fourth-order valence-electron chi connectivity index (χ4n) is 5.52. The molecule has 0 aliphatic carbocycles. The van der Waals surface area contributed by atoms with Crippen molar-refractivity contribution in [1.29, 1.82) is 0 Å². The number of hydrogen-bond acceptors (Lipinski definition) is 4. The standard InChI is InChI=1S/C32H20N6/c1-3-29-31(35-15-1)25-19-33-17-13-27(25)37(29)23-9-5-21(6-10-23)22-7-11-24(12-8-22)38-28-14-18-34-20-26(28)32-30(38)4-2-16-36-32/h1-20H. The van der Waals surface area contributed by atoms with E-state index in [2.05, 4.69) is 89.7 Å². The summed E-state index contributed by atoms with van der Waals surface area (Å²) in [5.74, 6) is 0. The molecular formula is C32H20N6. The van der Waals surface area contributed by atoms with Gasteiger partial charge in [0, 0.05) is 59.3 Å². The molecule has 0 unspecified atom stereocenters. The number of pyridine rings is 4. The van der Waals surface area contributed by atoms with Gasteiger partial charge in [0.1, 0.15) is 0 Å². The van der Waals surface area contributed by atoms with Gasteiger partial charge in [-0.25, -0.2) is 0 Å². The number of nitrogens with zero attached hydrogens (tertiary/aromatic N) is 6. The first kappa shape index (κ1) is 20.8. The predicted molar refractivity (Wildman–Crippen MR) is 152 cm³/mol. The fraction of sp³-hybridized carbons (Fsp3) is 0. The molecule has 38 heavy (non-hydrogen) atoms. The Morgan fingerprint density at radius 3 is 1.32 bits per heavy atom. The fourth-order valence-corrected chi connectivity index (χ4v) is 5.52. The van der Waals surface area contributed by atoms with Crippen LogP contribution in [0.3, 0.4) is 0 Å². The van der Waals surface area contributed by atoms with Crippen molar-refractivity contribution in [3.05, 3.63) is 122 Å². The van der Waals surface area contributed by atoms with Gasteiger partial charge in [0.2, 0.25) is 0 Å². The number of rotatable bonds is 3. The highest BCUT2D eigenvalue weighted by Gasteiger charge is 2.14. The summed E-state index contributed by atoms with van der Waals surface area (Å²) in [6.45, 7) is 0. The third-order valence-electron chi connectivity index (χ3n) is 7.23. The normalized spacial score (nSPS) is 11.7. The number of fused-ring (bicyclic) bond motifs is 6. The molecule has 8 rings (SSSR count). The second-order valence-corrected chi connectivity index (χ2v) is 9.29. The Kier molecular flexibility index (Phi) is 4.42. The topological polar surface area (TPSA) is 61.4 Å². The van der Waals surface area contributed by atoms with E-state index < -0.39 is 0 Å². The van der Waals surface area contributed by atoms with Crippen molar-refractivity contribution in [2.75, 3.05) is 0 Å². The smallest absolute Gasteiger partial charge is 0.0978 e. The lowest BCUT2D eigenvalue weighted by Gasteiger charge is -2.11. The molecule has 6 heterocycles. The van der Waals surface area contributed by atoms with Crippen molar-refractivity contribution in [2.24, 2.45) is 0 Å². The lowest BCUT2D eigenvalue weighted by atomic mass is 10.0. The van der Waals surface area contributed by atoms with Crippen LogP contribution in [0.4, 0.5) is 0 Å².